The standard InChI is InChI=1S/C16H24N4O2/c1-22-15-10-13(4-5-14(15)17)16(21)18-20-8-6-19(7-9-20)11-12-2-3-12/h4-5,10,12H,2-3,6-9,11,17H2,1H3,(H,18,21). The normalized spacial score (nSPS) is 19.9. The summed E-state index contributed by atoms with van der Waals surface area (Å²) in [4.78, 5) is 14.8. The first-order chi connectivity index (χ1) is 10.7. The van der Waals surface area contributed by atoms with Gasteiger partial charge in [0.05, 0.1) is 12.8 Å². The van der Waals surface area contributed by atoms with Crippen molar-refractivity contribution in [2.45, 2.75) is 12.8 Å². The molecule has 22 heavy (non-hydrogen) atoms. The van der Waals surface area contributed by atoms with Crippen molar-refractivity contribution in [1.29, 1.82) is 0 Å². The van der Waals surface area contributed by atoms with E-state index in [0.717, 1.165) is 32.1 Å². The third-order valence-electron chi connectivity index (χ3n) is 4.34. The molecule has 2 aliphatic rings. The summed E-state index contributed by atoms with van der Waals surface area (Å²) in [7, 11) is 1.55. The zero-order chi connectivity index (χ0) is 15.5. The summed E-state index contributed by atoms with van der Waals surface area (Å²) >= 11 is 0. The van der Waals surface area contributed by atoms with Crippen LogP contribution in [-0.2, 0) is 0 Å². The Morgan fingerprint density at radius 3 is 2.68 bits per heavy atom. The van der Waals surface area contributed by atoms with Gasteiger partial charge in [0.2, 0.25) is 0 Å². The molecule has 0 unspecified atom stereocenters. The number of ether oxygens (including phenoxy) is 1. The number of hydrogen-bond donors (Lipinski definition) is 2. The van der Waals surface area contributed by atoms with E-state index >= 15 is 0 Å². The van der Waals surface area contributed by atoms with Gasteiger partial charge < -0.3 is 15.4 Å². The average Bonchev–Trinajstić information content (AvgIpc) is 3.33. The van der Waals surface area contributed by atoms with Crippen LogP contribution in [0.2, 0.25) is 0 Å². The van der Waals surface area contributed by atoms with Crippen LogP contribution in [0, 0.1) is 5.92 Å². The number of nitrogens with two attached hydrogens (primary N) is 1. The SMILES string of the molecule is COc1cc(C(=O)NN2CCN(CC3CC3)CC2)ccc1N. The summed E-state index contributed by atoms with van der Waals surface area (Å²) in [6.45, 7) is 4.98. The van der Waals surface area contributed by atoms with Crippen LogP contribution < -0.4 is 15.9 Å². The molecule has 0 bridgehead atoms. The monoisotopic (exact) mass is 304 g/mol. The van der Waals surface area contributed by atoms with Crippen molar-refractivity contribution in [3.05, 3.63) is 23.8 Å². The molecule has 3 N–H and O–H groups in total. The first-order valence-electron chi connectivity index (χ1n) is 7.87. The number of piperazine rings is 1. The molecule has 6 heteroatoms. The van der Waals surface area contributed by atoms with Gasteiger partial charge in [-0.15, -0.1) is 0 Å². The maximum Gasteiger partial charge on any atom is 0.265 e. The third kappa shape index (κ3) is 3.69. The molecule has 6 nitrogen and oxygen atoms in total. The molecule has 0 atom stereocenters. The second-order valence-electron chi connectivity index (χ2n) is 6.13. The molecule has 0 radical (unpaired) electrons. The highest BCUT2D eigenvalue weighted by molar-refractivity contribution is 5.94. The number of rotatable bonds is 5. The lowest BCUT2D eigenvalue weighted by Crippen LogP contribution is -2.53. The van der Waals surface area contributed by atoms with E-state index in [2.05, 4.69) is 10.3 Å². The second-order valence-corrected chi connectivity index (χ2v) is 6.13. The van der Waals surface area contributed by atoms with Gasteiger partial charge in [-0.05, 0) is 37.0 Å². The van der Waals surface area contributed by atoms with Crippen LogP contribution in [0.5, 0.6) is 5.75 Å². The Bertz CT molecular complexity index is 537. The average molecular weight is 304 g/mol. The van der Waals surface area contributed by atoms with Crippen molar-refractivity contribution >= 4 is 11.6 Å². The highest BCUT2D eigenvalue weighted by Crippen LogP contribution is 2.29. The highest BCUT2D eigenvalue weighted by Gasteiger charge is 2.26. The number of nitrogens with one attached hydrogen (secondary N) is 1. The molecule has 1 aliphatic heterocycles. The molecule has 120 valence electrons. The number of carbonyl (C=O) groups is 1. The number of methoxy groups -OCH3 is 1. The van der Waals surface area contributed by atoms with Crippen molar-refractivity contribution in [2.75, 3.05) is 45.6 Å². The molecule has 3 rings (SSSR count). The van der Waals surface area contributed by atoms with Gasteiger partial charge >= 0.3 is 0 Å². The minimum absolute atomic E-state index is 0.117. The quantitative estimate of drug-likeness (QED) is 0.793. The van der Waals surface area contributed by atoms with E-state index in [-0.39, 0.29) is 5.91 Å². The Morgan fingerprint density at radius 1 is 1.32 bits per heavy atom. The molecule has 0 aromatic heterocycles. The van der Waals surface area contributed by atoms with Gasteiger partial charge in [0, 0.05) is 38.3 Å². The summed E-state index contributed by atoms with van der Waals surface area (Å²) < 4.78 is 5.16. The van der Waals surface area contributed by atoms with Gasteiger partial charge in [-0.3, -0.25) is 10.2 Å². The molecule has 1 amide bonds. The molecule has 0 spiro atoms. The van der Waals surface area contributed by atoms with Gasteiger partial charge in [-0.1, -0.05) is 0 Å². The number of hydrogen-bond acceptors (Lipinski definition) is 5. The topological polar surface area (TPSA) is 70.8 Å². The fourth-order valence-electron chi connectivity index (χ4n) is 2.77. The van der Waals surface area contributed by atoms with E-state index in [1.165, 1.54) is 19.4 Å². The molecule has 1 saturated heterocycles. The number of nitrogen functional groups attached to an aromatic ring is 1. The Labute approximate surface area is 131 Å². The maximum absolute atomic E-state index is 12.3. The zero-order valence-corrected chi connectivity index (χ0v) is 13.0. The Balaban J connectivity index is 1.51. The molecule has 2 fully saturated rings. The van der Waals surface area contributed by atoms with Crippen LogP contribution in [0.3, 0.4) is 0 Å². The largest absolute Gasteiger partial charge is 0.495 e. The Kier molecular flexibility index (Phi) is 4.49. The minimum Gasteiger partial charge on any atom is -0.495 e. The lowest BCUT2D eigenvalue weighted by Gasteiger charge is -2.34. The Hall–Kier alpha value is -1.79. The number of benzene rings is 1. The van der Waals surface area contributed by atoms with Crippen molar-refractivity contribution in [3.63, 3.8) is 0 Å². The fraction of sp³-hybridized carbons (Fsp3) is 0.562. The van der Waals surface area contributed by atoms with Crippen molar-refractivity contribution in [1.82, 2.24) is 15.3 Å². The van der Waals surface area contributed by atoms with Gasteiger partial charge in [-0.2, -0.15) is 0 Å². The van der Waals surface area contributed by atoms with Crippen molar-refractivity contribution in [3.8, 4) is 5.75 Å². The molecular weight excluding hydrogens is 280 g/mol. The summed E-state index contributed by atoms with van der Waals surface area (Å²) in [5.41, 5.74) is 9.84. The van der Waals surface area contributed by atoms with Crippen LogP contribution in [0.1, 0.15) is 23.2 Å². The second kappa shape index (κ2) is 6.54. The van der Waals surface area contributed by atoms with Crippen LogP contribution in [0.15, 0.2) is 18.2 Å². The summed E-state index contributed by atoms with van der Waals surface area (Å²) in [5, 5.41) is 1.99. The van der Waals surface area contributed by atoms with Gasteiger partial charge in [-0.25, -0.2) is 5.01 Å². The number of anilines is 1. The number of hydrazine groups is 1. The van der Waals surface area contributed by atoms with E-state index in [4.69, 9.17) is 10.5 Å². The summed E-state index contributed by atoms with van der Waals surface area (Å²) in [6.07, 6.45) is 2.77. The van der Waals surface area contributed by atoms with Gasteiger partial charge in [0.15, 0.2) is 0 Å². The molecule has 1 aromatic rings. The Morgan fingerprint density at radius 2 is 2.05 bits per heavy atom. The van der Waals surface area contributed by atoms with Crippen molar-refractivity contribution < 1.29 is 9.53 Å². The number of amides is 1. The number of carbonyl (C=O) groups excluding carboxylic acids is 1. The summed E-state index contributed by atoms with van der Waals surface area (Å²) in [6, 6.07) is 5.09. The molecular formula is C16H24N4O2. The lowest BCUT2D eigenvalue weighted by molar-refractivity contribution is 0.0610. The lowest BCUT2D eigenvalue weighted by atomic mass is 10.2. The number of nitrogens with zero attached hydrogens (tertiary/aromatic N) is 2. The third-order valence-corrected chi connectivity index (χ3v) is 4.34. The summed E-state index contributed by atoms with van der Waals surface area (Å²) in [5.74, 6) is 1.33. The van der Waals surface area contributed by atoms with Crippen LogP contribution >= 0.6 is 0 Å². The van der Waals surface area contributed by atoms with E-state index < -0.39 is 0 Å². The van der Waals surface area contributed by atoms with E-state index in [9.17, 15) is 4.79 Å². The smallest absolute Gasteiger partial charge is 0.265 e. The maximum atomic E-state index is 12.3. The van der Waals surface area contributed by atoms with Crippen LogP contribution in [0.4, 0.5) is 5.69 Å². The van der Waals surface area contributed by atoms with Gasteiger partial charge in [0.1, 0.15) is 5.75 Å². The molecule has 1 aromatic carbocycles. The van der Waals surface area contributed by atoms with Gasteiger partial charge in [0.25, 0.3) is 5.91 Å². The van der Waals surface area contributed by atoms with E-state index in [0.29, 0.717) is 17.0 Å². The van der Waals surface area contributed by atoms with E-state index in [1.807, 2.05) is 5.01 Å². The first-order valence-corrected chi connectivity index (χ1v) is 7.87. The molecule has 1 heterocycles. The predicted molar refractivity (Wildman–Crippen MR) is 85.6 cm³/mol. The highest BCUT2D eigenvalue weighted by atomic mass is 16.5. The zero-order valence-electron chi connectivity index (χ0n) is 13.0. The predicted octanol–water partition coefficient (Wildman–Crippen LogP) is 0.950. The van der Waals surface area contributed by atoms with Crippen LogP contribution in [0.25, 0.3) is 0 Å². The minimum atomic E-state index is -0.117. The molecule has 1 aliphatic carbocycles. The van der Waals surface area contributed by atoms with Crippen molar-refractivity contribution in [2.24, 2.45) is 5.92 Å². The molecule has 1 saturated carbocycles. The van der Waals surface area contributed by atoms with Crippen LogP contribution in [-0.4, -0.2) is 55.6 Å². The van der Waals surface area contributed by atoms with E-state index in [1.54, 1.807) is 25.3 Å². The fourth-order valence-corrected chi connectivity index (χ4v) is 2.77. The first kappa shape index (κ1) is 15.1.